The number of hydrogen-bond donors (Lipinski definition) is 2. The standard InChI is InChI=1S/C16H23FN2O3/c1-11(2)14(16(21)18-9-4-10-22-3)19-15(20)12-5-7-13(17)8-6-12/h5-8,11,14H,4,9-10H2,1-3H3,(H,18,21)(H,19,20). The van der Waals surface area contributed by atoms with Crippen molar-refractivity contribution in [3.05, 3.63) is 35.6 Å². The zero-order chi connectivity index (χ0) is 16.5. The largest absolute Gasteiger partial charge is 0.385 e. The maximum atomic E-state index is 12.9. The molecule has 0 aliphatic carbocycles. The molecule has 0 aliphatic rings. The van der Waals surface area contributed by atoms with Crippen molar-refractivity contribution in [3.8, 4) is 0 Å². The SMILES string of the molecule is COCCCNC(=O)C(NC(=O)c1ccc(F)cc1)C(C)C. The molecule has 0 saturated carbocycles. The highest BCUT2D eigenvalue weighted by molar-refractivity contribution is 5.97. The number of nitrogens with one attached hydrogen (secondary N) is 2. The second kappa shape index (κ2) is 9.15. The molecule has 1 aromatic rings. The molecule has 1 aromatic carbocycles. The molecule has 0 aromatic heterocycles. The molecule has 5 nitrogen and oxygen atoms in total. The number of ether oxygens (including phenoxy) is 1. The fourth-order valence-electron chi connectivity index (χ4n) is 1.90. The molecular formula is C16H23FN2O3. The van der Waals surface area contributed by atoms with E-state index in [4.69, 9.17) is 4.74 Å². The first-order valence-corrected chi connectivity index (χ1v) is 7.28. The Hall–Kier alpha value is -1.95. The number of benzene rings is 1. The maximum absolute atomic E-state index is 12.9. The van der Waals surface area contributed by atoms with Gasteiger partial charge >= 0.3 is 0 Å². The molecular weight excluding hydrogens is 287 g/mol. The summed E-state index contributed by atoms with van der Waals surface area (Å²) >= 11 is 0. The lowest BCUT2D eigenvalue weighted by molar-refractivity contribution is -0.123. The first kappa shape index (κ1) is 18.1. The highest BCUT2D eigenvalue weighted by Crippen LogP contribution is 2.06. The van der Waals surface area contributed by atoms with Gasteiger partial charge in [0.25, 0.3) is 5.91 Å². The van der Waals surface area contributed by atoms with E-state index in [1.807, 2.05) is 13.8 Å². The molecule has 1 unspecified atom stereocenters. The zero-order valence-corrected chi connectivity index (χ0v) is 13.2. The van der Waals surface area contributed by atoms with Crippen molar-refractivity contribution in [1.82, 2.24) is 10.6 Å². The van der Waals surface area contributed by atoms with Crippen molar-refractivity contribution >= 4 is 11.8 Å². The Bertz CT molecular complexity index is 489. The number of carbonyl (C=O) groups excluding carboxylic acids is 2. The number of hydrogen-bond acceptors (Lipinski definition) is 3. The van der Waals surface area contributed by atoms with Crippen molar-refractivity contribution in [2.75, 3.05) is 20.3 Å². The van der Waals surface area contributed by atoms with Crippen molar-refractivity contribution < 1.29 is 18.7 Å². The van der Waals surface area contributed by atoms with Crippen LogP contribution in [-0.4, -0.2) is 38.1 Å². The van der Waals surface area contributed by atoms with E-state index in [2.05, 4.69) is 10.6 Å². The van der Waals surface area contributed by atoms with E-state index < -0.39 is 17.8 Å². The first-order valence-electron chi connectivity index (χ1n) is 7.28. The number of carbonyl (C=O) groups is 2. The van der Waals surface area contributed by atoms with Crippen molar-refractivity contribution in [3.63, 3.8) is 0 Å². The van der Waals surface area contributed by atoms with E-state index in [0.29, 0.717) is 25.1 Å². The van der Waals surface area contributed by atoms with Gasteiger partial charge in [-0.15, -0.1) is 0 Å². The summed E-state index contributed by atoms with van der Waals surface area (Å²) in [5.41, 5.74) is 0.319. The molecule has 1 rings (SSSR count). The van der Waals surface area contributed by atoms with Crippen LogP contribution in [-0.2, 0) is 9.53 Å². The molecule has 1 atom stereocenters. The van der Waals surface area contributed by atoms with Gasteiger partial charge in [-0.1, -0.05) is 13.8 Å². The van der Waals surface area contributed by atoms with Crippen LogP contribution in [0.1, 0.15) is 30.6 Å². The van der Waals surface area contributed by atoms with Gasteiger partial charge in [-0.25, -0.2) is 4.39 Å². The molecule has 0 fully saturated rings. The van der Waals surface area contributed by atoms with E-state index >= 15 is 0 Å². The van der Waals surface area contributed by atoms with Gasteiger partial charge in [0.2, 0.25) is 5.91 Å². The van der Waals surface area contributed by atoms with Gasteiger partial charge in [-0.3, -0.25) is 9.59 Å². The minimum atomic E-state index is -0.639. The average Bonchev–Trinajstić information content (AvgIpc) is 2.49. The van der Waals surface area contributed by atoms with Crippen molar-refractivity contribution in [2.24, 2.45) is 5.92 Å². The van der Waals surface area contributed by atoms with E-state index in [9.17, 15) is 14.0 Å². The Labute approximate surface area is 130 Å². The van der Waals surface area contributed by atoms with Crippen LogP contribution in [0, 0.1) is 11.7 Å². The normalized spacial score (nSPS) is 12.0. The zero-order valence-electron chi connectivity index (χ0n) is 13.2. The van der Waals surface area contributed by atoms with E-state index in [1.54, 1.807) is 7.11 Å². The highest BCUT2D eigenvalue weighted by atomic mass is 19.1. The third kappa shape index (κ3) is 5.81. The summed E-state index contributed by atoms with van der Waals surface area (Å²) in [5.74, 6) is -1.10. The van der Waals surface area contributed by atoms with Gasteiger partial charge in [0, 0.05) is 25.8 Å². The van der Waals surface area contributed by atoms with Gasteiger partial charge in [0.05, 0.1) is 0 Å². The summed E-state index contributed by atoms with van der Waals surface area (Å²) in [6.07, 6.45) is 0.707. The fraction of sp³-hybridized carbons (Fsp3) is 0.500. The van der Waals surface area contributed by atoms with E-state index in [1.165, 1.54) is 24.3 Å². The Morgan fingerprint density at radius 3 is 2.41 bits per heavy atom. The third-order valence-electron chi connectivity index (χ3n) is 3.17. The minimum absolute atomic E-state index is 0.0631. The van der Waals surface area contributed by atoms with Gasteiger partial charge in [-0.05, 0) is 36.6 Å². The van der Waals surface area contributed by atoms with Crippen LogP contribution in [0.3, 0.4) is 0 Å². The van der Waals surface area contributed by atoms with Gasteiger partial charge in [0.15, 0.2) is 0 Å². The predicted octanol–water partition coefficient (Wildman–Crippen LogP) is 1.73. The monoisotopic (exact) mass is 310 g/mol. The van der Waals surface area contributed by atoms with Gasteiger partial charge in [0.1, 0.15) is 11.9 Å². The first-order chi connectivity index (χ1) is 10.5. The van der Waals surface area contributed by atoms with Crippen LogP contribution in [0.2, 0.25) is 0 Å². The number of rotatable bonds is 8. The lowest BCUT2D eigenvalue weighted by Gasteiger charge is -2.21. The van der Waals surface area contributed by atoms with E-state index in [0.717, 1.165) is 0 Å². The molecule has 122 valence electrons. The predicted molar refractivity (Wildman–Crippen MR) is 82.0 cm³/mol. The van der Waals surface area contributed by atoms with Crippen LogP contribution in [0.4, 0.5) is 4.39 Å². The molecule has 22 heavy (non-hydrogen) atoms. The molecule has 2 amide bonds. The number of methoxy groups -OCH3 is 1. The quantitative estimate of drug-likeness (QED) is 0.719. The molecule has 0 spiro atoms. The van der Waals surface area contributed by atoms with Crippen LogP contribution in [0.25, 0.3) is 0 Å². The molecule has 0 radical (unpaired) electrons. The molecule has 0 saturated heterocycles. The second-order valence-corrected chi connectivity index (χ2v) is 5.34. The third-order valence-corrected chi connectivity index (χ3v) is 3.17. The van der Waals surface area contributed by atoms with Crippen molar-refractivity contribution in [2.45, 2.75) is 26.3 Å². The topological polar surface area (TPSA) is 67.4 Å². The molecule has 0 aliphatic heterocycles. The number of amides is 2. The summed E-state index contributed by atoms with van der Waals surface area (Å²) < 4.78 is 17.8. The van der Waals surface area contributed by atoms with Crippen LogP contribution in [0.15, 0.2) is 24.3 Å². The van der Waals surface area contributed by atoms with Gasteiger partial charge in [-0.2, -0.15) is 0 Å². The second-order valence-electron chi connectivity index (χ2n) is 5.34. The summed E-state index contributed by atoms with van der Waals surface area (Å²) in [7, 11) is 1.60. The highest BCUT2D eigenvalue weighted by Gasteiger charge is 2.24. The Kier molecular flexibility index (Phi) is 7.52. The lowest BCUT2D eigenvalue weighted by Crippen LogP contribution is -2.50. The molecule has 0 heterocycles. The van der Waals surface area contributed by atoms with E-state index in [-0.39, 0.29) is 11.8 Å². The summed E-state index contributed by atoms with van der Waals surface area (Å²) in [5, 5.41) is 5.46. The lowest BCUT2D eigenvalue weighted by atomic mass is 10.0. The van der Waals surface area contributed by atoms with Gasteiger partial charge < -0.3 is 15.4 Å². The smallest absolute Gasteiger partial charge is 0.251 e. The summed E-state index contributed by atoms with van der Waals surface area (Å²) in [4.78, 5) is 24.3. The molecule has 2 N–H and O–H groups in total. The molecule has 0 bridgehead atoms. The summed E-state index contributed by atoms with van der Waals surface area (Å²) in [6, 6.07) is 4.56. The molecule has 6 heteroatoms. The summed E-state index contributed by atoms with van der Waals surface area (Å²) in [6.45, 7) is 4.76. The number of halogens is 1. The maximum Gasteiger partial charge on any atom is 0.251 e. The Balaban J connectivity index is 2.61. The van der Waals surface area contributed by atoms with Crippen LogP contribution >= 0.6 is 0 Å². The fourth-order valence-corrected chi connectivity index (χ4v) is 1.90. The average molecular weight is 310 g/mol. The minimum Gasteiger partial charge on any atom is -0.385 e. The Morgan fingerprint density at radius 1 is 1.23 bits per heavy atom. The van der Waals surface area contributed by atoms with Crippen LogP contribution in [0.5, 0.6) is 0 Å². The van der Waals surface area contributed by atoms with Crippen LogP contribution < -0.4 is 10.6 Å². The van der Waals surface area contributed by atoms with Crippen molar-refractivity contribution in [1.29, 1.82) is 0 Å². The Morgan fingerprint density at radius 2 is 1.86 bits per heavy atom.